The molecule has 1 heterocycles. The molecule has 43 heavy (non-hydrogen) atoms. The van der Waals surface area contributed by atoms with E-state index in [1.54, 1.807) is 27.0 Å². The average Bonchev–Trinajstić information content (AvgIpc) is 3.47. The SMILES string of the molecule is CO[C@@H]1O[C@@H](C(O)C(C)(C)O)C[C@H]1[C@@H]1CC=C2[C@]3(C)[C@H](O)C[C@H]4C(C)(C)[C@H](OC(=O)C=C(C)C)CC[C@]4(C)[C@H]3CC[C@]21C. The van der Waals surface area contributed by atoms with E-state index in [4.69, 9.17) is 14.2 Å². The van der Waals surface area contributed by atoms with Gasteiger partial charge in [0.1, 0.15) is 12.2 Å². The second-order valence-electron chi connectivity index (χ2n) is 16.8. The summed E-state index contributed by atoms with van der Waals surface area (Å²) in [6.07, 6.45) is 7.52. The Morgan fingerprint density at radius 3 is 2.37 bits per heavy atom. The Balaban J connectivity index is 1.41. The van der Waals surface area contributed by atoms with Crippen molar-refractivity contribution in [3.05, 3.63) is 23.3 Å². The van der Waals surface area contributed by atoms with Gasteiger partial charge >= 0.3 is 5.97 Å². The van der Waals surface area contributed by atoms with E-state index in [0.717, 1.165) is 37.7 Å². The third-order valence-electron chi connectivity index (χ3n) is 13.3. The molecule has 1 saturated heterocycles. The summed E-state index contributed by atoms with van der Waals surface area (Å²) in [4.78, 5) is 12.6. The molecule has 0 aromatic carbocycles. The monoisotopic (exact) mass is 602 g/mol. The maximum Gasteiger partial charge on any atom is 0.330 e. The molecule has 12 atom stereocenters. The Labute approximate surface area is 259 Å². The number of esters is 1. The highest BCUT2D eigenvalue weighted by molar-refractivity contribution is 5.82. The lowest BCUT2D eigenvalue weighted by atomic mass is 9.37. The van der Waals surface area contributed by atoms with Crippen LogP contribution in [0.4, 0.5) is 0 Å². The zero-order chi connectivity index (χ0) is 31.9. The average molecular weight is 603 g/mol. The molecule has 244 valence electrons. The Hall–Kier alpha value is -1.25. The lowest BCUT2D eigenvalue weighted by molar-refractivity contribution is -0.220. The van der Waals surface area contributed by atoms with Gasteiger partial charge in [-0.3, -0.25) is 0 Å². The third kappa shape index (κ3) is 5.08. The molecule has 0 spiro atoms. The van der Waals surface area contributed by atoms with Gasteiger partial charge in [0, 0.05) is 29.9 Å². The van der Waals surface area contributed by atoms with Crippen LogP contribution in [0.2, 0.25) is 0 Å². The van der Waals surface area contributed by atoms with Crippen molar-refractivity contribution in [3.63, 3.8) is 0 Å². The van der Waals surface area contributed by atoms with Crippen molar-refractivity contribution in [2.24, 2.45) is 45.3 Å². The van der Waals surface area contributed by atoms with Crippen LogP contribution in [0.25, 0.3) is 0 Å². The van der Waals surface area contributed by atoms with Gasteiger partial charge in [0.25, 0.3) is 0 Å². The molecule has 5 aliphatic rings. The number of aliphatic hydroxyl groups excluding tert-OH is 2. The smallest absolute Gasteiger partial charge is 0.330 e. The maximum absolute atomic E-state index is 12.6. The van der Waals surface area contributed by atoms with E-state index in [1.165, 1.54) is 5.57 Å². The molecule has 4 aliphatic carbocycles. The van der Waals surface area contributed by atoms with Gasteiger partial charge < -0.3 is 29.5 Å². The van der Waals surface area contributed by atoms with Crippen LogP contribution in [0.3, 0.4) is 0 Å². The molecule has 1 unspecified atom stereocenters. The van der Waals surface area contributed by atoms with Crippen molar-refractivity contribution >= 4 is 5.97 Å². The predicted octanol–water partition coefficient (Wildman–Crippen LogP) is 5.95. The fourth-order valence-electron chi connectivity index (χ4n) is 11.2. The number of rotatable bonds is 6. The Bertz CT molecular complexity index is 1150. The number of hydrogen-bond acceptors (Lipinski definition) is 7. The third-order valence-corrected chi connectivity index (χ3v) is 13.3. The topological polar surface area (TPSA) is 105 Å². The second kappa shape index (κ2) is 10.9. The van der Waals surface area contributed by atoms with Crippen molar-refractivity contribution in [3.8, 4) is 0 Å². The van der Waals surface area contributed by atoms with Crippen LogP contribution in [0, 0.1) is 45.3 Å². The molecule has 0 aromatic heterocycles. The lowest BCUT2D eigenvalue weighted by Crippen LogP contribution is -2.65. The van der Waals surface area contributed by atoms with Crippen LogP contribution in [-0.2, 0) is 19.0 Å². The van der Waals surface area contributed by atoms with Crippen molar-refractivity contribution < 1.29 is 34.3 Å². The maximum atomic E-state index is 12.6. The summed E-state index contributed by atoms with van der Waals surface area (Å²) in [6.45, 7) is 18.7. The van der Waals surface area contributed by atoms with Gasteiger partial charge in [0.15, 0.2) is 6.29 Å². The van der Waals surface area contributed by atoms with E-state index in [1.807, 2.05) is 13.8 Å². The van der Waals surface area contributed by atoms with Gasteiger partial charge in [-0.25, -0.2) is 4.79 Å². The van der Waals surface area contributed by atoms with Gasteiger partial charge in [-0.05, 0) is 101 Å². The van der Waals surface area contributed by atoms with Crippen LogP contribution in [0.15, 0.2) is 23.3 Å². The van der Waals surface area contributed by atoms with E-state index < -0.39 is 30.2 Å². The minimum absolute atomic E-state index is 0.0185. The number of ether oxygens (including phenoxy) is 3. The number of methoxy groups -OCH3 is 1. The minimum atomic E-state index is -1.26. The van der Waals surface area contributed by atoms with Gasteiger partial charge in [0.05, 0.1) is 17.8 Å². The Morgan fingerprint density at radius 2 is 1.77 bits per heavy atom. The van der Waals surface area contributed by atoms with E-state index in [9.17, 15) is 20.1 Å². The molecule has 7 heteroatoms. The van der Waals surface area contributed by atoms with E-state index in [2.05, 4.69) is 40.7 Å². The molecule has 7 nitrogen and oxygen atoms in total. The molecule has 3 saturated carbocycles. The normalized spacial score (nSPS) is 46.2. The number of carbonyl (C=O) groups is 1. The van der Waals surface area contributed by atoms with Crippen LogP contribution in [0.5, 0.6) is 0 Å². The van der Waals surface area contributed by atoms with Crippen molar-refractivity contribution in [2.45, 2.75) is 144 Å². The summed E-state index contributed by atoms with van der Waals surface area (Å²) in [5.74, 6) is 0.645. The van der Waals surface area contributed by atoms with Crippen LogP contribution in [-0.4, -0.2) is 64.7 Å². The summed E-state index contributed by atoms with van der Waals surface area (Å²) in [5.41, 5.74) is 0.378. The number of aliphatic hydroxyl groups is 3. The van der Waals surface area contributed by atoms with E-state index in [0.29, 0.717) is 18.8 Å². The molecule has 0 amide bonds. The molecule has 0 bridgehead atoms. The standard InChI is InChI=1S/C36H58O7/c1-20(2)17-29(38)43-28-14-16-35(8)25-13-15-34(7)22(21-18-23(42-31(21)41-10)30(39)33(5,6)40)11-12-24(34)36(25,9)27(37)19-26(35)32(28,3)4/h12,17,21-23,25-28,30-31,37,39-40H,11,13-16,18-19H2,1-10H3/t21-,22-,23+,25+,26-,27+,28+,30?,31+,34-,35+,36-/m0/s1. The first kappa shape index (κ1) is 33.1. The van der Waals surface area contributed by atoms with E-state index in [-0.39, 0.29) is 51.5 Å². The molecule has 0 radical (unpaired) electrons. The number of hydrogen-bond donors (Lipinski definition) is 3. The van der Waals surface area contributed by atoms with Gasteiger partial charge in [-0.1, -0.05) is 51.8 Å². The molecule has 1 aliphatic heterocycles. The quantitative estimate of drug-likeness (QED) is 0.196. The second-order valence-corrected chi connectivity index (χ2v) is 16.8. The van der Waals surface area contributed by atoms with Gasteiger partial charge in [-0.2, -0.15) is 0 Å². The molecule has 4 fully saturated rings. The van der Waals surface area contributed by atoms with Gasteiger partial charge in [-0.15, -0.1) is 0 Å². The highest BCUT2D eigenvalue weighted by atomic mass is 16.7. The lowest BCUT2D eigenvalue weighted by Gasteiger charge is -2.68. The first-order valence-electron chi connectivity index (χ1n) is 16.6. The summed E-state index contributed by atoms with van der Waals surface area (Å²) in [7, 11) is 1.67. The van der Waals surface area contributed by atoms with Gasteiger partial charge in [0.2, 0.25) is 0 Å². The van der Waals surface area contributed by atoms with E-state index >= 15 is 0 Å². The zero-order valence-corrected chi connectivity index (χ0v) is 28.3. The number of carbonyl (C=O) groups excluding carboxylic acids is 1. The van der Waals surface area contributed by atoms with Crippen molar-refractivity contribution in [1.29, 1.82) is 0 Å². The zero-order valence-electron chi connectivity index (χ0n) is 28.3. The molecule has 0 aromatic rings. The first-order valence-corrected chi connectivity index (χ1v) is 16.6. The molecular formula is C36H58O7. The summed E-state index contributed by atoms with van der Waals surface area (Å²) in [5, 5.41) is 33.5. The Kier molecular flexibility index (Phi) is 8.42. The predicted molar refractivity (Wildman–Crippen MR) is 166 cm³/mol. The summed E-state index contributed by atoms with van der Waals surface area (Å²) >= 11 is 0. The fraction of sp³-hybridized carbons (Fsp3) is 0.861. The molecule has 3 N–H and O–H groups in total. The minimum Gasteiger partial charge on any atom is -0.459 e. The molecule has 5 rings (SSSR count). The first-order chi connectivity index (χ1) is 19.8. The summed E-state index contributed by atoms with van der Waals surface area (Å²) in [6, 6.07) is 0. The Morgan fingerprint density at radius 1 is 1.09 bits per heavy atom. The van der Waals surface area contributed by atoms with Crippen molar-refractivity contribution in [2.75, 3.05) is 7.11 Å². The summed E-state index contributed by atoms with van der Waals surface area (Å²) < 4.78 is 18.1. The van der Waals surface area contributed by atoms with Crippen LogP contribution < -0.4 is 0 Å². The number of allylic oxidation sites excluding steroid dienone is 2. The largest absolute Gasteiger partial charge is 0.459 e. The fourth-order valence-corrected chi connectivity index (χ4v) is 11.2. The van der Waals surface area contributed by atoms with Crippen LogP contribution in [0.1, 0.15) is 107 Å². The van der Waals surface area contributed by atoms with Crippen molar-refractivity contribution in [1.82, 2.24) is 0 Å². The highest BCUT2D eigenvalue weighted by Crippen LogP contribution is 2.73. The highest BCUT2D eigenvalue weighted by Gasteiger charge is 2.69. The molecular weight excluding hydrogens is 544 g/mol. The number of fused-ring (bicyclic) bond motifs is 5. The van der Waals surface area contributed by atoms with Crippen LogP contribution >= 0.6 is 0 Å².